The van der Waals surface area contributed by atoms with Crippen LogP contribution in [0, 0.1) is 12.3 Å². The van der Waals surface area contributed by atoms with Crippen LogP contribution in [-0.4, -0.2) is 33.6 Å². The second-order valence-electron chi connectivity index (χ2n) is 8.72. The number of benzene rings is 2. The third-order valence-electron chi connectivity index (χ3n) is 6.57. The van der Waals surface area contributed by atoms with Gasteiger partial charge in [-0.05, 0) is 48.9 Å². The number of para-hydroxylation sites is 1. The molecule has 9 heteroatoms. The number of nitrogens with one attached hydrogen (secondary N) is 1. The van der Waals surface area contributed by atoms with Crippen LogP contribution in [0.4, 0.5) is 0 Å². The van der Waals surface area contributed by atoms with Gasteiger partial charge in [-0.2, -0.15) is 5.10 Å². The zero-order valence-electron chi connectivity index (χ0n) is 20.6. The van der Waals surface area contributed by atoms with E-state index in [2.05, 4.69) is 4.98 Å². The van der Waals surface area contributed by atoms with E-state index in [9.17, 15) is 5.41 Å². The van der Waals surface area contributed by atoms with Crippen LogP contribution < -0.4 is 19.7 Å². The van der Waals surface area contributed by atoms with Gasteiger partial charge in [0.2, 0.25) is 11.8 Å². The van der Waals surface area contributed by atoms with Gasteiger partial charge in [0.25, 0.3) is 0 Å². The summed E-state index contributed by atoms with van der Waals surface area (Å²) in [4.78, 5) is 4.64. The Morgan fingerprint density at radius 3 is 2.51 bits per heavy atom. The number of fused-ring (bicyclic) bond motifs is 2. The quantitative estimate of drug-likeness (QED) is 0.356. The Morgan fingerprint density at radius 1 is 0.973 bits per heavy atom. The number of rotatable bonds is 6. The van der Waals surface area contributed by atoms with E-state index in [4.69, 9.17) is 23.7 Å². The second-order valence-corrected chi connectivity index (χ2v) is 8.72. The summed E-state index contributed by atoms with van der Waals surface area (Å²) in [5.74, 6) is 2.52. The molecule has 2 aromatic carbocycles. The molecule has 0 radical (unpaired) electrons. The lowest BCUT2D eigenvalue weighted by Gasteiger charge is -2.27. The third kappa shape index (κ3) is 3.76. The molecule has 3 aromatic heterocycles. The maximum absolute atomic E-state index is 9.18. The predicted molar refractivity (Wildman–Crippen MR) is 135 cm³/mol. The number of aryl methyl sites for hydroxylation is 1. The lowest BCUT2D eigenvalue weighted by molar-refractivity contribution is 0.354. The Kier molecular flexibility index (Phi) is 5.52. The Bertz CT molecular complexity index is 1640. The number of methoxy groups -OCH3 is 2. The molecule has 1 atom stereocenters. The number of hydrogen-bond donors (Lipinski definition) is 1. The lowest BCUT2D eigenvalue weighted by atomic mass is 9.84. The van der Waals surface area contributed by atoms with Crippen molar-refractivity contribution in [3.8, 4) is 28.9 Å². The molecule has 186 valence electrons. The Labute approximate surface area is 213 Å². The summed E-state index contributed by atoms with van der Waals surface area (Å²) < 4.78 is 26.5. The molecule has 0 saturated carbocycles. The van der Waals surface area contributed by atoms with E-state index in [1.807, 2.05) is 67.6 Å². The molecule has 0 unspecified atom stereocenters. The number of hydrogen-bond acceptors (Lipinski definition) is 7. The minimum absolute atomic E-state index is 0.277. The molecule has 5 aromatic rings. The van der Waals surface area contributed by atoms with E-state index in [1.54, 1.807) is 36.1 Å². The van der Waals surface area contributed by atoms with Crippen LogP contribution in [0.1, 0.15) is 34.1 Å². The van der Waals surface area contributed by atoms with Crippen molar-refractivity contribution >= 4 is 0 Å². The molecule has 0 fully saturated rings. The van der Waals surface area contributed by atoms with Crippen LogP contribution in [0.5, 0.6) is 23.3 Å². The van der Waals surface area contributed by atoms with E-state index in [0.29, 0.717) is 35.4 Å². The van der Waals surface area contributed by atoms with Gasteiger partial charge in [-0.1, -0.05) is 24.3 Å². The molecule has 0 spiro atoms. The Hall–Kier alpha value is -4.79. The number of aromatic nitrogens is 4. The van der Waals surface area contributed by atoms with Crippen LogP contribution in [0.2, 0.25) is 0 Å². The van der Waals surface area contributed by atoms with Crippen LogP contribution in [0.15, 0.2) is 77.7 Å². The summed E-state index contributed by atoms with van der Waals surface area (Å²) in [6.45, 7) is 2.33. The maximum atomic E-state index is 9.18. The third-order valence-corrected chi connectivity index (χ3v) is 6.57. The van der Waals surface area contributed by atoms with Gasteiger partial charge in [0, 0.05) is 0 Å². The molecule has 4 heterocycles. The van der Waals surface area contributed by atoms with Crippen molar-refractivity contribution in [3.05, 3.63) is 107 Å². The summed E-state index contributed by atoms with van der Waals surface area (Å²) in [5.41, 5.74) is 4.37. The number of furan rings is 1. The van der Waals surface area contributed by atoms with E-state index in [0.717, 1.165) is 28.3 Å². The van der Waals surface area contributed by atoms with Gasteiger partial charge in [0.15, 0.2) is 11.5 Å². The van der Waals surface area contributed by atoms with E-state index in [1.165, 1.54) is 0 Å². The monoisotopic (exact) mass is 495 g/mol. The van der Waals surface area contributed by atoms with Crippen molar-refractivity contribution in [2.45, 2.75) is 19.4 Å². The standard InChI is InChI=1S/C28H25N5O4/c1-17-23-24(18-11-12-21(34-2)22(14-18)35-3)25-26(29)32(15-20-10-7-13-36-20)16-30-27(25)37-28(23)33(31-17)19-8-5-4-6-9-19/h4-14,16,24,29H,15H2,1-3H3/t24-/m0/s1. The molecule has 1 aliphatic heterocycles. The summed E-state index contributed by atoms with van der Waals surface area (Å²) in [7, 11) is 3.22. The van der Waals surface area contributed by atoms with E-state index in [-0.39, 0.29) is 11.4 Å². The van der Waals surface area contributed by atoms with Crippen molar-refractivity contribution in [2.24, 2.45) is 0 Å². The SMILES string of the molecule is COc1ccc([C@H]2c3c(C)nn(-c4ccccc4)c3Oc3ncn(Cc4ccco4)c(=N)c32)cc1OC. The summed E-state index contributed by atoms with van der Waals surface area (Å²) in [5, 5.41) is 14.0. The molecule has 6 rings (SSSR count). The maximum Gasteiger partial charge on any atom is 0.230 e. The average molecular weight is 496 g/mol. The Balaban J connectivity index is 1.59. The molecule has 0 amide bonds. The van der Waals surface area contributed by atoms with Crippen LogP contribution in [0.3, 0.4) is 0 Å². The number of ether oxygens (including phenoxy) is 3. The minimum atomic E-state index is -0.375. The van der Waals surface area contributed by atoms with Gasteiger partial charge in [-0.3, -0.25) is 5.41 Å². The van der Waals surface area contributed by atoms with Crippen LogP contribution in [-0.2, 0) is 6.54 Å². The Morgan fingerprint density at radius 2 is 1.78 bits per heavy atom. The first-order valence-electron chi connectivity index (χ1n) is 11.8. The zero-order valence-corrected chi connectivity index (χ0v) is 20.6. The van der Waals surface area contributed by atoms with Crippen molar-refractivity contribution in [2.75, 3.05) is 14.2 Å². The van der Waals surface area contributed by atoms with Gasteiger partial charge >= 0.3 is 0 Å². The first-order valence-corrected chi connectivity index (χ1v) is 11.8. The van der Waals surface area contributed by atoms with Crippen molar-refractivity contribution in [1.82, 2.24) is 19.3 Å². The highest BCUT2D eigenvalue weighted by Gasteiger charge is 2.37. The molecule has 37 heavy (non-hydrogen) atoms. The van der Waals surface area contributed by atoms with Crippen molar-refractivity contribution in [3.63, 3.8) is 0 Å². The fourth-order valence-electron chi connectivity index (χ4n) is 4.83. The summed E-state index contributed by atoms with van der Waals surface area (Å²) in [6.07, 6.45) is 3.23. The molecule has 1 N–H and O–H groups in total. The molecule has 0 saturated heterocycles. The smallest absolute Gasteiger partial charge is 0.230 e. The zero-order chi connectivity index (χ0) is 25.5. The fraction of sp³-hybridized carbons (Fsp3) is 0.179. The average Bonchev–Trinajstić information content (AvgIpc) is 3.57. The number of nitrogens with zero attached hydrogens (tertiary/aromatic N) is 4. The molecular weight excluding hydrogens is 470 g/mol. The van der Waals surface area contributed by atoms with E-state index < -0.39 is 0 Å². The van der Waals surface area contributed by atoms with Gasteiger partial charge in [-0.25, -0.2) is 9.67 Å². The second kappa shape index (κ2) is 9.02. The van der Waals surface area contributed by atoms with Crippen molar-refractivity contribution < 1.29 is 18.6 Å². The first-order chi connectivity index (χ1) is 18.1. The first kappa shape index (κ1) is 22.7. The van der Waals surface area contributed by atoms with Crippen molar-refractivity contribution in [1.29, 1.82) is 5.41 Å². The summed E-state index contributed by atoms with van der Waals surface area (Å²) in [6, 6.07) is 19.3. The van der Waals surface area contributed by atoms with Gasteiger partial charge < -0.3 is 23.2 Å². The van der Waals surface area contributed by atoms with E-state index >= 15 is 0 Å². The highest BCUT2D eigenvalue weighted by Crippen LogP contribution is 2.48. The lowest BCUT2D eigenvalue weighted by Crippen LogP contribution is -2.30. The molecular formula is C28H25N5O4. The minimum Gasteiger partial charge on any atom is -0.493 e. The highest BCUT2D eigenvalue weighted by atomic mass is 16.5. The normalized spacial score (nSPS) is 14.0. The molecule has 0 bridgehead atoms. The largest absolute Gasteiger partial charge is 0.493 e. The van der Waals surface area contributed by atoms with Crippen LogP contribution >= 0.6 is 0 Å². The van der Waals surface area contributed by atoms with Gasteiger partial charge in [0.05, 0.1) is 55.5 Å². The highest BCUT2D eigenvalue weighted by molar-refractivity contribution is 5.59. The van der Waals surface area contributed by atoms with Gasteiger partial charge in [0.1, 0.15) is 17.6 Å². The fourth-order valence-corrected chi connectivity index (χ4v) is 4.83. The molecule has 9 nitrogen and oxygen atoms in total. The van der Waals surface area contributed by atoms with Crippen LogP contribution in [0.25, 0.3) is 5.69 Å². The predicted octanol–water partition coefficient (Wildman–Crippen LogP) is 4.80. The molecule has 1 aliphatic rings. The topological polar surface area (TPSA) is 100 Å². The summed E-state index contributed by atoms with van der Waals surface area (Å²) >= 11 is 0. The molecule has 0 aliphatic carbocycles. The van der Waals surface area contributed by atoms with Gasteiger partial charge in [-0.15, -0.1) is 0 Å².